The van der Waals surface area contributed by atoms with Crippen LogP contribution in [0.5, 0.6) is 5.75 Å². The van der Waals surface area contributed by atoms with Gasteiger partial charge in [0.05, 0.1) is 17.7 Å². The second-order valence-electron chi connectivity index (χ2n) is 6.83. The number of hydrogen-bond acceptors (Lipinski definition) is 4. The maximum absolute atomic E-state index is 12.9. The minimum absolute atomic E-state index is 0.0586. The standard InChI is InChI=1S/C22H18F3N3O2/c23-22(24,25)16-3-1-4-17(12-16)28-21(29)18-5-2-9-26-20(18)27-13-14-6-7-19-15(11-14)8-10-30-19/h1-7,9,11-12H,8,10,13H2,(H,26,27)(H,28,29). The summed E-state index contributed by atoms with van der Waals surface area (Å²) >= 11 is 0. The molecule has 1 aromatic heterocycles. The van der Waals surface area contributed by atoms with E-state index in [1.54, 1.807) is 18.3 Å². The third-order valence-corrected chi connectivity index (χ3v) is 4.71. The molecule has 8 heteroatoms. The molecular weight excluding hydrogens is 395 g/mol. The molecule has 1 amide bonds. The van der Waals surface area contributed by atoms with Gasteiger partial charge in [0.2, 0.25) is 0 Å². The van der Waals surface area contributed by atoms with Crippen molar-refractivity contribution in [1.82, 2.24) is 4.98 Å². The number of fused-ring (bicyclic) bond motifs is 1. The van der Waals surface area contributed by atoms with Crippen molar-refractivity contribution in [3.63, 3.8) is 0 Å². The van der Waals surface area contributed by atoms with Crippen LogP contribution in [0.1, 0.15) is 27.0 Å². The minimum atomic E-state index is -4.48. The first-order valence-electron chi connectivity index (χ1n) is 9.32. The van der Waals surface area contributed by atoms with Crippen LogP contribution in [0.4, 0.5) is 24.7 Å². The van der Waals surface area contributed by atoms with E-state index >= 15 is 0 Å². The van der Waals surface area contributed by atoms with Crippen molar-refractivity contribution < 1.29 is 22.7 Å². The Morgan fingerprint density at radius 1 is 1.10 bits per heavy atom. The van der Waals surface area contributed by atoms with Crippen molar-refractivity contribution in [3.05, 3.63) is 83.0 Å². The van der Waals surface area contributed by atoms with E-state index in [2.05, 4.69) is 15.6 Å². The second kappa shape index (κ2) is 8.06. The van der Waals surface area contributed by atoms with Crippen molar-refractivity contribution in [2.24, 2.45) is 0 Å². The molecule has 154 valence electrons. The molecule has 1 aliphatic rings. The first-order chi connectivity index (χ1) is 14.4. The molecular formula is C22H18F3N3O2. The number of ether oxygens (including phenoxy) is 1. The third-order valence-electron chi connectivity index (χ3n) is 4.71. The number of hydrogen-bond donors (Lipinski definition) is 2. The van der Waals surface area contributed by atoms with Gasteiger partial charge in [0.25, 0.3) is 5.91 Å². The monoisotopic (exact) mass is 413 g/mol. The summed E-state index contributed by atoms with van der Waals surface area (Å²) in [5.41, 5.74) is 1.61. The summed E-state index contributed by atoms with van der Waals surface area (Å²) in [5.74, 6) is 0.684. The van der Waals surface area contributed by atoms with Crippen molar-refractivity contribution in [1.29, 1.82) is 0 Å². The lowest BCUT2D eigenvalue weighted by atomic mass is 10.1. The van der Waals surface area contributed by atoms with E-state index in [1.807, 2.05) is 18.2 Å². The quantitative estimate of drug-likeness (QED) is 0.625. The van der Waals surface area contributed by atoms with Gasteiger partial charge in [-0.15, -0.1) is 0 Å². The molecule has 4 rings (SSSR count). The molecule has 0 radical (unpaired) electrons. The average Bonchev–Trinajstić information content (AvgIpc) is 3.20. The van der Waals surface area contributed by atoms with E-state index < -0.39 is 17.6 Å². The number of benzene rings is 2. The lowest BCUT2D eigenvalue weighted by molar-refractivity contribution is -0.137. The predicted octanol–water partition coefficient (Wildman–Crippen LogP) is 4.90. The topological polar surface area (TPSA) is 63.2 Å². The van der Waals surface area contributed by atoms with Crippen LogP contribution in [0, 0.1) is 0 Å². The molecule has 0 fully saturated rings. The highest BCUT2D eigenvalue weighted by Crippen LogP contribution is 2.31. The average molecular weight is 413 g/mol. The normalized spacial score (nSPS) is 12.8. The number of halogens is 3. The molecule has 0 unspecified atom stereocenters. The number of nitrogens with one attached hydrogen (secondary N) is 2. The van der Waals surface area contributed by atoms with Crippen LogP contribution in [0.15, 0.2) is 60.8 Å². The molecule has 2 N–H and O–H groups in total. The molecule has 0 spiro atoms. The first kappa shape index (κ1) is 19.8. The SMILES string of the molecule is O=C(Nc1cccc(C(F)(F)F)c1)c1cccnc1NCc1ccc2c(c1)CCO2. The number of nitrogens with zero attached hydrogens (tertiary/aromatic N) is 1. The number of pyridine rings is 1. The van der Waals surface area contributed by atoms with Gasteiger partial charge >= 0.3 is 6.18 Å². The molecule has 0 bridgehead atoms. The maximum Gasteiger partial charge on any atom is 0.416 e. The summed E-state index contributed by atoms with van der Waals surface area (Å²) in [4.78, 5) is 16.9. The molecule has 30 heavy (non-hydrogen) atoms. The molecule has 2 aromatic carbocycles. The fraction of sp³-hybridized carbons (Fsp3) is 0.182. The Morgan fingerprint density at radius 2 is 1.97 bits per heavy atom. The smallest absolute Gasteiger partial charge is 0.416 e. The van der Waals surface area contributed by atoms with Gasteiger partial charge in [0.15, 0.2) is 0 Å². The minimum Gasteiger partial charge on any atom is -0.493 e. The van der Waals surface area contributed by atoms with Gasteiger partial charge < -0.3 is 15.4 Å². The summed E-state index contributed by atoms with van der Waals surface area (Å²) in [6, 6.07) is 13.6. The fourth-order valence-electron chi connectivity index (χ4n) is 3.24. The molecule has 2 heterocycles. The van der Waals surface area contributed by atoms with Crippen LogP contribution in [-0.2, 0) is 19.1 Å². The van der Waals surface area contributed by atoms with Crippen LogP contribution < -0.4 is 15.4 Å². The van der Waals surface area contributed by atoms with Gasteiger partial charge in [0, 0.05) is 24.8 Å². The zero-order chi connectivity index (χ0) is 21.1. The fourth-order valence-corrected chi connectivity index (χ4v) is 3.24. The van der Waals surface area contributed by atoms with Gasteiger partial charge in [-0.05, 0) is 47.5 Å². The zero-order valence-corrected chi connectivity index (χ0v) is 15.8. The molecule has 1 aliphatic heterocycles. The molecule has 0 saturated carbocycles. The summed E-state index contributed by atoms with van der Waals surface area (Å²) in [6.45, 7) is 1.11. The summed E-state index contributed by atoms with van der Waals surface area (Å²) in [6.07, 6.45) is -2.08. The van der Waals surface area contributed by atoms with Gasteiger partial charge in [-0.3, -0.25) is 4.79 Å². The Bertz CT molecular complexity index is 1080. The Kier molecular flexibility index (Phi) is 5.31. The highest BCUT2D eigenvalue weighted by atomic mass is 19.4. The van der Waals surface area contributed by atoms with E-state index in [4.69, 9.17) is 4.74 Å². The lowest BCUT2D eigenvalue weighted by Crippen LogP contribution is -2.16. The largest absolute Gasteiger partial charge is 0.493 e. The maximum atomic E-state index is 12.9. The number of carbonyl (C=O) groups excluding carboxylic acids is 1. The number of rotatable bonds is 5. The molecule has 3 aromatic rings. The molecule has 0 aliphatic carbocycles. The summed E-state index contributed by atoms with van der Waals surface area (Å²) < 4.78 is 44.2. The van der Waals surface area contributed by atoms with Crippen molar-refractivity contribution in [3.8, 4) is 5.75 Å². The van der Waals surface area contributed by atoms with Crippen LogP contribution in [-0.4, -0.2) is 17.5 Å². The van der Waals surface area contributed by atoms with E-state index in [0.29, 0.717) is 19.0 Å². The number of carbonyl (C=O) groups is 1. The lowest BCUT2D eigenvalue weighted by Gasteiger charge is -2.13. The van der Waals surface area contributed by atoms with Crippen LogP contribution in [0.2, 0.25) is 0 Å². The van der Waals surface area contributed by atoms with E-state index in [9.17, 15) is 18.0 Å². The first-order valence-corrected chi connectivity index (χ1v) is 9.32. The number of amides is 1. The van der Waals surface area contributed by atoms with Gasteiger partial charge in [-0.2, -0.15) is 13.2 Å². The predicted molar refractivity (Wildman–Crippen MR) is 107 cm³/mol. The molecule has 0 atom stereocenters. The van der Waals surface area contributed by atoms with Crippen molar-refractivity contribution >= 4 is 17.4 Å². The van der Waals surface area contributed by atoms with Crippen LogP contribution in [0.3, 0.4) is 0 Å². The Labute approximate surface area is 170 Å². The van der Waals surface area contributed by atoms with Crippen molar-refractivity contribution in [2.45, 2.75) is 19.1 Å². The molecule has 0 saturated heterocycles. The van der Waals surface area contributed by atoms with E-state index in [-0.39, 0.29) is 11.3 Å². The number of anilines is 2. The van der Waals surface area contributed by atoms with Gasteiger partial charge in [-0.1, -0.05) is 18.2 Å². The van der Waals surface area contributed by atoms with Crippen LogP contribution in [0.25, 0.3) is 0 Å². The number of alkyl halides is 3. The van der Waals surface area contributed by atoms with E-state index in [0.717, 1.165) is 35.4 Å². The van der Waals surface area contributed by atoms with Gasteiger partial charge in [-0.25, -0.2) is 4.98 Å². The third kappa shape index (κ3) is 4.37. The summed E-state index contributed by atoms with van der Waals surface area (Å²) in [5, 5.41) is 5.64. The van der Waals surface area contributed by atoms with E-state index in [1.165, 1.54) is 12.1 Å². The Balaban J connectivity index is 1.48. The number of aromatic nitrogens is 1. The van der Waals surface area contributed by atoms with Crippen LogP contribution >= 0.6 is 0 Å². The van der Waals surface area contributed by atoms with Crippen molar-refractivity contribution in [2.75, 3.05) is 17.2 Å². The Morgan fingerprint density at radius 3 is 2.80 bits per heavy atom. The summed E-state index contributed by atoms with van der Waals surface area (Å²) in [7, 11) is 0. The second-order valence-corrected chi connectivity index (χ2v) is 6.83. The van der Waals surface area contributed by atoms with Gasteiger partial charge in [0.1, 0.15) is 11.6 Å². The molecule has 5 nitrogen and oxygen atoms in total. The Hall–Kier alpha value is -3.55. The highest BCUT2D eigenvalue weighted by molar-refractivity contribution is 6.07. The highest BCUT2D eigenvalue weighted by Gasteiger charge is 2.30. The zero-order valence-electron chi connectivity index (χ0n) is 15.8.